The van der Waals surface area contributed by atoms with Crippen molar-refractivity contribution in [2.75, 3.05) is 13.2 Å². The number of hydrogen-bond acceptors (Lipinski definition) is 4. The molecule has 1 aliphatic heterocycles. The van der Waals surface area contributed by atoms with Crippen LogP contribution in [0.4, 0.5) is 0 Å². The lowest BCUT2D eigenvalue weighted by Crippen LogP contribution is -2.34. The highest BCUT2D eigenvalue weighted by Crippen LogP contribution is 2.31. The van der Waals surface area contributed by atoms with Gasteiger partial charge in [0, 0.05) is 24.1 Å². The average molecular weight is 323 g/mol. The number of carbonyl (C=O) groups excluding carboxylic acids is 1. The smallest absolute Gasteiger partial charge is 0.340 e. The van der Waals surface area contributed by atoms with Crippen LogP contribution >= 0.6 is 0 Å². The van der Waals surface area contributed by atoms with Gasteiger partial charge in [-0.25, -0.2) is 4.79 Å². The van der Waals surface area contributed by atoms with Crippen molar-refractivity contribution in [3.63, 3.8) is 0 Å². The van der Waals surface area contributed by atoms with E-state index in [-0.39, 0.29) is 18.7 Å². The van der Waals surface area contributed by atoms with Gasteiger partial charge in [0.25, 0.3) is 0 Å². The Hall–Kier alpha value is -2.95. The maximum absolute atomic E-state index is 12.4. The molecule has 0 saturated carbocycles. The van der Waals surface area contributed by atoms with Gasteiger partial charge in [0.05, 0.1) is 5.56 Å². The number of benzene rings is 2. The molecular weight excluding hydrogens is 306 g/mol. The van der Waals surface area contributed by atoms with Gasteiger partial charge in [-0.15, -0.1) is 0 Å². The van der Waals surface area contributed by atoms with Crippen molar-refractivity contribution < 1.29 is 19.0 Å². The summed E-state index contributed by atoms with van der Waals surface area (Å²) in [7, 11) is 1.91. The lowest BCUT2D eigenvalue weighted by Gasteiger charge is -2.25. The zero-order chi connectivity index (χ0) is 16.5. The minimum atomic E-state index is -0.353. The van der Waals surface area contributed by atoms with Gasteiger partial charge in [0.15, 0.2) is 17.6 Å². The van der Waals surface area contributed by atoms with Gasteiger partial charge in [-0.05, 0) is 18.2 Å². The van der Waals surface area contributed by atoms with E-state index in [0.29, 0.717) is 23.7 Å². The molecule has 5 heteroatoms. The fourth-order valence-corrected chi connectivity index (χ4v) is 2.90. The van der Waals surface area contributed by atoms with Crippen molar-refractivity contribution in [1.82, 2.24) is 4.57 Å². The molecule has 24 heavy (non-hydrogen) atoms. The number of ether oxygens (including phenoxy) is 3. The normalized spacial score (nSPS) is 16.1. The summed E-state index contributed by atoms with van der Waals surface area (Å²) in [6.07, 6.45) is 1.49. The third-order valence-corrected chi connectivity index (χ3v) is 4.08. The molecule has 2 aromatic carbocycles. The van der Waals surface area contributed by atoms with E-state index in [0.717, 1.165) is 10.9 Å². The summed E-state index contributed by atoms with van der Waals surface area (Å²) in [5.74, 6) is 1.04. The quantitative estimate of drug-likeness (QED) is 0.695. The lowest BCUT2D eigenvalue weighted by atomic mass is 10.2. The largest absolute Gasteiger partial charge is 0.486 e. The monoisotopic (exact) mass is 323 g/mol. The average Bonchev–Trinajstić information content (AvgIpc) is 2.97. The maximum Gasteiger partial charge on any atom is 0.340 e. The molecule has 0 amide bonds. The van der Waals surface area contributed by atoms with Gasteiger partial charge in [0.1, 0.15) is 13.2 Å². The number of hydrogen-bond donors (Lipinski definition) is 0. The molecule has 4 rings (SSSR count). The molecule has 3 aromatic rings. The van der Waals surface area contributed by atoms with Crippen molar-refractivity contribution in [3.8, 4) is 11.5 Å². The van der Waals surface area contributed by atoms with Crippen LogP contribution in [-0.4, -0.2) is 29.9 Å². The van der Waals surface area contributed by atoms with Crippen molar-refractivity contribution in [1.29, 1.82) is 0 Å². The van der Waals surface area contributed by atoms with E-state index < -0.39 is 0 Å². The SMILES string of the molecule is Cn1cc(C(=O)OCC2COc3ccccc3O2)c2ccccc21. The van der Waals surface area contributed by atoms with Gasteiger partial charge >= 0.3 is 5.97 Å². The van der Waals surface area contributed by atoms with E-state index in [1.807, 2.05) is 60.1 Å². The molecule has 5 nitrogen and oxygen atoms in total. The summed E-state index contributed by atoms with van der Waals surface area (Å²) in [4.78, 5) is 12.4. The molecule has 0 aliphatic carbocycles. The molecule has 0 saturated heterocycles. The van der Waals surface area contributed by atoms with Crippen LogP contribution in [0.1, 0.15) is 10.4 Å². The Morgan fingerprint density at radius 3 is 2.79 bits per heavy atom. The highest BCUT2D eigenvalue weighted by Gasteiger charge is 2.23. The maximum atomic E-state index is 12.4. The Morgan fingerprint density at radius 2 is 1.92 bits per heavy atom. The van der Waals surface area contributed by atoms with Crippen molar-refractivity contribution in [3.05, 3.63) is 60.3 Å². The van der Waals surface area contributed by atoms with E-state index >= 15 is 0 Å². The van der Waals surface area contributed by atoms with E-state index in [4.69, 9.17) is 14.2 Å². The summed E-state index contributed by atoms with van der Waals surface area (Å²) in [5.41, 5.74) is 1.56. The molecule has 1 atom stereocenters. The Balaban J connectivity index is 1.45. The Labute approximate surface area is 139 Å². The third kappa shape index (κ3) is 2.58. The summed E-state index contributed by atoms with van der Waals surface area (Å²) < 4.78 is 18.8. The first-order valence-electron chi connectivity index (χ1n) is 7.82. The topological polar surface area (TPSA) is 49.7 Å². The number of aromatic nitrogens is 1. The Bertz CT molecular complexity index is 899. The highest BCUT2D eigenvalue weighted by atomic mass is 16.6. The van der Waals surface area contributed by atoms with Crippen molar-refractivity contribution in [2.45, 2.75) is 6.10 Å². The van der Waals surface area contributed by atoms with Gasteiger partial charge < -0.3 is 18.8 Å². The molecule has 122 valence electrons. The second kappa shape index (κ2) is 5.92. The van der Waals surface area contributed by atoms with E-state index in [1.54, 1.807) is 6.20 Å². The molecule has 0 fully saturated rings. The molecule has 2 heterocycles. The van der Waals surface area contributed by atoms with Crippen LogP contribution in [-0.2, 0) is 11.8 Å². The summed E-state index contributed by atoms with van der Waals surface area (Å²) in [6, 6.07) is 15.2. The molecule has 0 bridgehead atoms. The van der Waals surface area contributed by atoms with Gasteiger partial charge in [-0.1, -0.05) is 30.3 Å². The number of fused-ring (bicyclic) bond motifs is 2. The van der Waals surface area contributed by atoms with Gasteiger partial charge in [-0.3, -0.25) is 0 Å². The van der Waals surface area contributed by atoms with Crippen LogP contribution in [0.5, 0.6) is 11.5 Å². The van der Waals surface area contributed by atoms with E-state index in [2.05, 4.69) is 0 Å². The van der Waals surface area contributed by atoms with Gasteiger partial charge in [0.2, 0.25) is 0 Å². The summed E-state index contributed by atoms with van der Waals surface area (Å²) in [5, 5.41) is 0.885. The van der Waals surface area contributed by atoms with E-state index in [1.165, 1.54) is 0 Å². The molecule has 1 aromatic heterocycles. The number of nitrogens with zero attached hydrogens (tertiary/aromatic N) is 1. The van der Waals surface area contributed by atoms with Gasteiger partial charge in [-0.2, -0.15) is 0 Å². The van der Waals surface area contributed by atoms with Crippen LogP contribution in [0.25, 0.3) is 10.9 Å². The lowest BCUT2D eigenvalue weighted by molar-refractivity contribution is 0.0111. The third-order valence-electron chi connectivity index (χ3n) is 4.08. The predicted octanol–water partition coefficient (Wildman–Crippen LogP) is 3.18. The van der Waals surface area contributed by atoms with E-state index in [9.17, 15) is 4.79 Å². The standard InChI is InChI=1S/C19H17NO4/c1-20-10-15(14-6-2-3-7-16(14)20)19(21)23-12-13-11-22-17-8-4-5-9-18(17)24-13/h2-10,13H,11-12H2,1H3. The van der Waals surface area contributed by atoms with Crippen LogP contribution in [0.2, 0.25) is 0 Å². The van der Waals surface area contributed by atoms with Crippen LogP contribution in [0.15, 0.2) is 54.7 Å². The molecular formula is C19H17NO4. The fraction of sp³-hybridized carbons (Fsp3) is 0.211. The molecule has 0 N–H and O–H groups in total. The first-order chi connectivity index (χ1) is 11.7. The van der Waals surface area contributed by atoms with Crippen LogP contribution in [0.3, 0.4) is 0 Å². The van der Waals surface area contributed by atoms with Crippen molar-refractivity contribution >= 4 is 16.9 Å². The number of para-hydroxylation sites is 3. The number of aryl methyl sites for hydroxylation is 1. The second-order valence-corrected chi connectivity index (χ2v) is 5.77. The van der Waals surface area contributed by atoms with Crippen LogP contribution in [0, 0.1) is 0 Å². The highest BCUT2D eigenvalue weighted by molar-refractivity contribution is 6.04. The second-order valence-electron chi connectivity index (χ2n) is 5.77. The minimum Gasteiger partial charge on any atom is -0.486 e. The zero-order valence-electron chi connectivity index (χ0n) is 13.3. The molecule has 0 radical (unpaired) electrons. The Morgan fingerprint density at radius 1 is 1.17 bits per heavy atom. The first-order valence-corrected chi connectivity index (χ1v) is 7.82. The number of carbonyl (C=O) groups is 1. The Kier molecular flexibility index (Phi) is 3.61. The first kappa shape index (κ1) is 14.6. The fourth-order valence-electron chi connectivity index (χ4n) is 2.90. The number of rotatable bonds is 3. The zero-order valence-corrected chi connectivity index (χ0v) is 13.3. The number of esters is 1. The molecule has 1 aliphatic rings. The predicted molar refractivity (Wildman–Crippen MR) is 89.6 cm³/mol. The van der Waals surface area contributed by atoms with Crippen molar-refractivity contribution in [2.24, 2.45) is 7.05 Å². The molecule has 0 spiro atoms. The minimum absolute atomic E-state index is 0.149. The summed E-state index contributed by atoms with van der Waals surface area (Å²) >= 11 is 0. The summed E-state index contributed by atoms with van der Waals surface area (Å²) in [6.45, 7) is 0.510. The molecule has 1 unspecified atom stereocenters. The van der Waals surface area contributed by atoms with Crippen LogP contribution < -0.4 is 9.47 Å².